The number of benzene rings is 1. The van der Waals surface area contributed by atoms with E-state index in [9.17, 15) is 14.0 Å². The number of hydrogen-bond acceptors (Lipinski definition) is 7. The molecule has 9 nitrogen and oxygen atoms in total. The molecule has 0 radical (unpaired) electrons. The molecular formula is C24H24FN5O4. The summed E-state index contributed by atoms with van der Waals surface area (Å²) in [7, 11) is 0. The number of likely N-dealkylation sites (tertiary alicyclic amines) is 1. The summed E-state index contributed by atoms with van der Waals surface area (Å²) in [5.74, 6) is -1.15. The van der Waals surface area contributed by atoms with Crippen molar-refractivity contribution in [3.63, 3.8) is 0 Å². The average molecular weight is 465 g/mol. The summed E-state index contributed by atoms with van der Waals surface area (Å²) in [6, 6.07) is 5.61. The van der Waals surface area contributed by atoms with Crippen molar-refractivity contribution in [2.45, 2.75) is 51.4 Å². The van der Waals surface area contributed by atoms with E-state index >= 15 is 0 Å². The van der Waals surface area contributed by atoms with Crippen LogP contribution in [-0.4, -0.2) is 55.4 Å². The molecule has 1 aromatic carbocycles. The summed E-state index contributed by atoms with van der Waals surface area (Å²) in [6.07, 6.45) is 5.51. The van der Waals surface area contributed by atoms with Crippen LogP contribution in [0.2, 0.25) is 0 Å². The summed E-state index contributed by atoms with van der Waals surface area (Å²) in [5.41, 5.74) is 0.828. The molecule has 34 heavy (non-hydrogen) atoms. The minimum absolute atomic E-state index is 0.0904. The molecule has 1 saturated heterocycles. The quantitative estimate of drug-likeness (QED) is 0.545. The summed E-state index contributed by atoms with van der Waals surface area (Å²) in [6.45, 7) is 5.83. The number of amides is 1. The van der Waals surface area contributed by atoms with Crippen LogP contribution in [0.4, 0.5) is 4.39 Å². The molecule has 1 amide bonds. The third-order valence-electron chi connectivity index (χ3n) is 6.32. The number of pyridine rings is 1. The highest BCUT2D eigenvalue weighted by Gasteiger charge is 2.41. The first-order chi connectivity index (χ1) is 16.2. The van der Waals surface area contributed by atoms with Crippen molar-refractivity contribution in [3.05, 3.63) is 65.4 Å². The van der Waals surface area contributed by atoms with Gasteiger partial charge in [-0.05, 0) is 57.9 Å². The molecule has 2 aliphatic rings. The Bertz CT molecular complexity index is 1260. The first-order valence-electron chi connectivity index (χ1n) is 11.1. The summed E-state index contributed by atoms with van der Waals surface area (Å²) >= 11 is 0. The Kier molecular flexibility index (Phi) is 5.30. The molecule has 10 heteroatoms. The first-order valence-corrected chi connectivity index (χ1v) is 11.1. The average Bonchev–Trinajstić information content (AvgIpc) is 3.41. The van der Waals surface area contributed by atoms with Gasteiger partial charge < -0.3 is 14.4 Å². The fourth-order valence-corrected chi connectivity index (χ4v) is 4.53. The van der Waals surface area contributed by atoms with Crippen LogP contribution in [0.15, 0.2) is 42.9 Å². The van der Waals surface area contributed by atoms with E-state index in [0.717, 1.165) is 5.56 Å². The zero-order valence-corrected chi connectivity index (χ0v) is 19.1. The number of ether oxygens (including phenoxy) is 2. The number of rotatable bonds is 4. The van der Waals surface area contributed by atoms with Crippen LogP contribution in [0.1, 0.15) is 59.9 Å². The number of hydrogen-bond donors (Lipinski definition) is 0. The van der Waals surface area contributed by atoms with Gasteiger partial charge in [-0.1, -0.05) is 0 Å². The maximum absolute atomic E-state index is 14.1. The highest BCUT2D eigenvalue weighted by Crippen LogP contribution is 2.39. The van der Waals surface area contributed by atoms with Gasteiger partial charge in [0.05, 0.1) is 30.2 Å². The van der Waals surface area contributed by atoms with E-state index in [0.29, 0.717) is 24.1 Å². The summed E-state index contributed by atoms with van der Waals surface area (Å²) in [5, 5.41) is 8.16. The van der Waals surface area contributed by atoms with E-state index in [1.165, 1.54) is 35.4 Å². The lowest BCUT2D eigenvalue weighted by atomic mass is 9.97. The lowest BCUT2D eigenvalue weighted by Crippen LogP contribution is -2.49. The molecular weight excluding hydrogens is 441 g/mol. The van der Waals surface area contributed by atoms with Gasteiger partial charge in [-0.3, -0.25) is 4.79 Å². The maximum atomic E-state index is 14.1. The minimum Gasteiger partial charge on any atom is -0.472 e. The number of cyclic esters (lactones) is 1. The van der Waals surface area contributed by atoms with Gasteiger partial charge in [-0.25, -0.2) is 14.2 Å². The van der Waals surface area contributed by atoms with Crippen LogP contribution >= 0.6 is 0 Å². The van der Waals surface area contributed by atoms with E-state index < -0.39 is 23.5 Å². The van der Waals surface area contributed by atoms with Crippen molar-refractivity contribution in [2.75, 3.05) is 6.54 Å². The topological polar surface area (TPSA) is 99.4 Å². The molecule has 2 aromatic heterocycles. The van der Waals surface area contributed by atoms with Crippen LogP contribution in [0, 0.1) is 5.82 Å². The predicted octanol–water partition coefficient (Wildman–Crippen LogP) is 3.28. The van der Waals surface area contributed by atoms with E-state index in [-0.39, 0.29) is 29.9 Å². The van der Waals surface area contributed by atoms with Crippen molar-refractivity contribution in [3.8, 4) is 11.6 Å². The van der Waals surface area contributed by atoms with Crippen molar-refractivity contribution in [1.82, 2.24) is 24.9 Å². The van der Waals surface area contributed by atoms with Crippen LogP contribution in [0.3, 0.4) is 0 Å². The van der Waals surface area contributed by atoms with Crippen LogP contribution < -0.4 is 4.74 Å². The van der Waals surface area contributed by atoms with Gasteiger partial charge in [-0.15, -0.1) is 0 Å². The number of halogens is 1. The fourth-order valence-electron chi connectivity index (χ4n) is 4.53. The van der Waals surface area contributed by atoms with Crippen LogP contribution in [-0.2, 0) is 10.3 Å². The summed E-state index contributed by atoms with van der Waals surface area (Å²) in [4.78, 5) is 33.2. The first kappa shape index (κ1) is 22.0. The van der Waals surface area contributed by atoms with Gasteiger partial charge in [-0.2, -0.15) is 15.0 Å². The molecule has 2 atom stereocenters. The molecule has 5 rings (SSSR count). The SMILES string of the molecule is C[C@@H]1CC[C@@H](Oc2nccc3c2C(=O)OC3(C)C)CN1C(=O)c1cc(F)ccc1-n1nccn1. The number of carbonyl (C=O) groups is 2. The third-order valence-corrected chi connectivity index (χ3v) is 6.32. The smallest absolute Gasteiger partial charge is 0.344 e. The van der Waals surface area contributed by atoms with E-state index in [1.807, 2.05) is 20.8 Å². The van der Waals surface area contributed by atoms with Gasteiger partial charge in [0.2, 0.25) is 5.88 Å². The van der Waals surface area contributed by atoms with Gasteiger partial charge in [0.1, 0.15) is 23.1 Å². The van der Waals surface area contributed by atoms with Crippen molar-refractivity contribution in [1.29, 1.82) is 0 Å². The molecule has 3 aromatic rings. The standard InChI is InChI=1S/C24H24FN5O4/c1-14-4-6-16(33-21-20-18(8-9-26-21)24(2,3)34-23(20)32)13-29(14)22(31)17-12-15(25)5-7-19(17)30-27-10-11-28-30/h5,7-12,14,16H,4,6,13H2,1-3H3/t14-,16-/m1/s1. The molecule has 0 unspecified atom stereocenters. The fraction of sp³-hybridized carbons (Fsp3) is 0.375. The second kappa shape index (κ2) is 8.19. The second-order valence-corrected chi connectivity index (χ2v) is 9.04. The third kappa shape index (κ3) is 3.78. The second-order valence-electron chi connectivity index (χ2n) is 9.04. The number of nitrogens with zero attached hydrogens (tertiary/aromatic N) is 5. The number of fused-ring (bicyclic) bond motifs is 1. The summed E-state index contributed by atoms with van der Waals surface area (Å²) < 4.78 is 25.7. The molecule has 0 bridgehead atoms. The molecule has 0 spiro atoms. The van der Waals surface area contributed by atoms with Gasteiger partial charge >= 0.3 is 5.97 Å². The van der Waals surface area contributed by atoms with Crippen molar-refractivity contribution in [2.24, 2.45) is 0 Å². The molecule has 0 aliphatic carbocycles. The van der Waals surface area contributed by atoms with Gasteiger partial charge in [0.25, 0.3) is 5.91 Å². The van der Waals surface area contributed by atoms with Crippen molar-refractivity contribution >= 4 is 11.9 Å². The maximum Gasteiger partial charge on any atom is 0.344 e. The normalized spacial score (nSPS) is 21.2. The molecule has 0 saturated carbocycles. The molecule has 4 heterocycles. The molecule has 2 aliphatic heterocycles. The highest BCUT2D eigenvalue weighted by atomic mass is 19.1. The zero-order chi connectivity index (χ0) is 24.0. The van der Waals surface area contributed by atoms with Crippen LogP contribution in [0.5, 0.6) is 5.88 Å². The Morgan fingerprint density at radius 1 is 1.18 bits per heavy atom. The molecule has 0 N–H and O–H groups in total. The zero-order valence-electron chi connectivity index (χ0n) is 19.1. The van der Waals surface area contributed by atoms with Crippen molar-refractivity contribution < 1.29 is 23.5 Å². The van der Waals surface area contributed by atoms with E-state index in [1.54, 1.807) is 17.2 Å². The predicted molar refractivity (Wildman–Crippen MR) is 118 cm³/mol. The minimum atomic E-state index is -0.759. The Balaban J connectivity index is 1.41. The highest BCUT2D eigenvalue weighted by molar-refractivity contribution is 5.98. The van der Waals surface area contributed by atoms with Gasteiger partial charge in [0.15, 0.2) is 0 Å². The monoisotopic (exact) mass is 465 g/mol. The van der Waals surface area contributed by atoms with Gasteiger partial charge in [0, 0.05) is 17.8 Å². The number of carbonyl (C=O) groups excluding carboxylic acids is 2. The van der Waals surface area contributed by atoms with E-state index in [2.05, 4.69) is 15.2 Å². The largest absolute Gasteiger partial charge is 0.472 e. The number of piperidine rings is 1. The molecule has 1 fully saturated rings. The number of esters is 1. The van der Waals surface area contributed by atoms with E-state index in [4.69, 9.17) is 9.47 Å². The lowest BCUT2D eigenvalue weighted by Gasteiger charge is -2.38. The lowest BCUT2D eigenvalue weighted by molar-refractivity contribution is 0.00905. The Morgan fingerprint density at radius 3 is 2.71 bits per heavy atom. The Hall–Kier alpha value is -3.82. The number of aromatic nitrogens is 4. The molecule has 176 valence electrons. The Labute approximate surface area is 195 Å². The Morgan fingerprint density at radius 2 is 1.94 bits per heavy atom. The van der Waals surface area contributed by atoms with Crippen LogP contribution in [0.25, 0.3) is 5.69 Å².